The molecule has 0 atom stereocenters. The summed E-state index contributed by atoms with van der Waals surface area (Å²) in [6.45, 7) is 0. The average Bonchev–Trinajstić information content (AvgIpc) is 4.00. The van der Waals surface area contributed by atoms with Gasteiger partial charge in [-0.3, -0.25) is 4.57 Å². The van der Waals surface area contributed by atoms with E-state index in [2.05, 4.69) is 28.8 Å². The first-order chi connectivity index (χ1) is 25.7. The largest absolute Gasteiger partial charge is 0.436 e. The number of nitrogens with zero attached hydrogens (tertiary/aromatic N) is 8. The monoisotopic (exact) mass is 672 g/mol. The predicted octanol–water partition coefficient (Wildman–Crippen LogP) is 8.20. The lowest BCUT2D eigenvalue weighted by Crippen LogP contribution is -2.19. The van der Waals surface area contributed by atoms with Crippen molar-refractivity contribution < 1.29 is 8.83 Å². The van der Waals surface area contributed by atoms with Crippen LogP contribution in [0.5, 0.6) is 0 Å². The van der Waals surface area contributed by atoms with Crippen molar-refractivity contribution in [3.8, 4) is 40.2 Å². The Balaban J connectivity index is 1.18. The van der Waals surface area contributed by atoms with Gasteiger partial charge in [-0.25, -0.2) is 24.9 Å². The second kappa shape index (κ2) is 11.1. The molecular formula is C42H24N8O2. The summed E-state index contributed by atoms with van der Waals surface area (Å²) in [5.74, 6) is 2.21. The van der Waals surface area contributed by atoms with Crippen LogP contribution in [-0.4, -0.2) is 29.5 Å². The molecular weight excluding hydrogens is 649 g/mol. The Morgan fingerprint density at radius 3 is 1.54 bits per heavy atom. The topological polar surface area (TPSA) is 120 Å². The molecule has 244 valence electrons. The summed E-state index contributed by atoms with van der Waals surface area (Å²) in [5, 5.41) is 3.79. The minimum Gasteiger partial charge on any atom is -0.436 e. The number of oxazole rings is 2. The van der Waals surface area contributed by atoms with E-state index in [1.807, 2.05) is 115 Å². The zero-order valence-corrected chi connectivity index (χ0v) is 27.3. The standard InChI is InChI=1S/C42H24N8O2/c1-7-17-33-27(11-1)28-12-2-8-18-34(28)50(33)42-48-37(47-39(49-42)38-43-29-13-3-4-14-30(29)44-38)24-21-25(40-45-31-15-5-9-19-35(31)51-40)23-26(22-24)41-46-32-16-6-10-20-36(32)52-41/h1-23,38H. The molecule has 0 saturated carbocycles. The average molecular weight is 673 g/mol. The van der Waals surface area contributed by atoms with Crippen LogP contribution in [0.15, 0.2) is 158 Å². The molecule has 10 aromatic rings. The Hall–Kier alpha value is -7.33. The number of rotatable bonds is 5. The van der Waals surface area contributed by atoms with Crippen molar-refractivity contribution in [2.75, 3.05) is 0 Å². The first-order valence-electron chi connectivity index (χ1n) is 16.8. The van der Waals surface area contributed by atoms with E-state index in [1.165, 1.54) is 0 Å². The van der Waals surface area contributed by atoms with Crippen LogP contribution in [0.25, 0.3) is 84.2 Å². The van der Waals surface area contributed by atoms with Gasteiger partial charge in [0.15, 0.2) is 22.8 Å². The molecule has 0 unspecified atom stereocenters. The van der Waals surface area contributed by atoms with Crippen LogP contribution in [0.4, 0.5) is 0 Å². The van der Waals surface area contributed by atoms with E-state index in [4.69, 9.17) is 43.7 Å². The first kappa shape index (κ1) is 28.5. The number of hydrogen-bond acceptors (Lipinski definition) is 9. The third-order valence-electron chi connectivity index (χ3n) is 9.33. The third-order valence-corrected chi connectivity index (χ3v) is 9.33. The molecule has 0 fully saturated rings. The van der Waals surface area contributed by atoms with E-state index in [9.17, 15) is 0 Å². The minimum absolute atomic E-state index is 0.425. The van der Waals surface area contributed by atoms with Crippen molar-refractivity contribution >= 4 is 44.0 Å². The lowest BCUT2D eigenvalue weighted by Gasteiger charge is -2.12. The highest BCUT2D eigenvalue weighted by molar-refractivity contribution is 6.09. The molecule has 10 heteroatoms. The predicted molar refractivity (Wildman–Crippen MR) is 197 cm³/mol. The van der Waals surface area contributed by atoms with Gasteiger partial charge in [0, 0.05) is 27.5 Å². The van der Waals surface area contributed by atoms with E-state index < -0.39 is 6.17 Å². The number of para-hydroxylation sites is 8. The Morgan fingerprint density at radius 2 is 0.962 bits per heavy atom. The Kier molecular flexibility index (Phi) is 6.08. The maximum atomic E-state index is 6.27. The van der Waals surface area contributed by atoms with Gasteiger partial charge in [0.2, 0.25) is 23.9 Å². The highest BCUT2D eigenvalue weighted by atomic mass is 16.4. The molecule has 0 radical (unpaired) electrons. The van der Waals surface area contributed by atoms with Gasteiger partial charge in [0.05, 0.1) is 21.7 Å². The van der Waals surface area contributed by atoms with E-state index in [0.29, 0.717) is 57.2 Å². The number of aromatic nitrogens is 6. The van der Waals surface area contributed by atoms with Gasteiger partial charge in [-0.1, -0.05) is 72.8 Å². The Labute approximate surface area is 294 Å². The lowest BCUT2D eigenvalue weighted by atomic mass is 10.0. The molecule has 5 heterocycles. The van der Waals surface area contributed by atoms with Crippen LogP contribution in [0.2, 0.25) is 0 Å². The zero-order valence-electron chi connectivity index (χ0n) is 27.3. The molecule has 52 heavy (non-hydrogen) atoms. The second-order valence-electron chi connectivity index (χ2n) is 12.6. The van der Waals surface area contributed by atoms with Crippen LogP contribution in [-0.2, 0) is 0 Å². The summed E-state index contributed by atoms with van der Waals surface area (Å²) < 4.78 is 14.6. The second-order valence-corrected chi connectivity index (χ2v) is 12.6. The van der Waals surface area contributed by atoms with Crippen molar-refractivity contribution in [3.63, 3.8) is 0 Å². The van der Waals surface area contributed by atoms with E-state index >= 15 is 0 Å². The van der Waals surface area contributed by atoms with Crippen LogP contribution in [0.3, 0.4) is 0 Å². The maximum Gasteiger partial charge on any atom is 0.238 e. The highest BCUT2D eigenvalue weighted by Gasteiger charge is 2.23. The van der Waals surface area contributed by atoms with Crippen molar-refractivity contribution in [3.05, 3.63) is 156 Å². The van der Waals surface area contributed by atoms with Gasteiger partial charge in [-0.05, 0) is 66.7 Å². The van der Waals surface area contributed by atoms with Crippen molar-refractivity contribution in [2.45, 2.75) is 6.17 Å². The fraction of sp³-hybridized carbons (Fsp3) is 0.0238. The van der Waals surface area contributed by atoms with Crippen LogP contribution >= 0.6 is 0 Å². The summed E-state index contributed by atoms with van der Waals surface area (Å²) in [6, 6.07) is 45.6. The lowest BCUT2D eigenvalue weighted by molar-refractivity contribution is 0.617. The molecule has 10 nitrogen and oxygen atoms in total. The maximum absolute atomic E-state index is 6.27. The summed E-state index contributed by atoms with van der Waals surface area (Å²) in [5.41, 5.74) is 6.96. The summed E-state index contributed by atoms with van der Waals surface area (Å²) in [6.07, 6.45) is -0.650. The van der Waals surface area contributed by atoms with E-state index in [1.54, 1.807) is 0 Å². The fourth-order valence-electron chi connectivity index (χ4n) is 6.95. The molecule has 0 amide bonds. The molecule has 1 aliphatic rings. The molecule has 0 bridgehead atoms. The zero-order chi connectivity index (χ0) is 34.2. The molecule has 0 N–H and O–H groups in total. The van der Waals surface area contributed by atoms with Crippen molar-refractivity contribution in [1.82, 2.24) is 29.5 Å². The van der Waals surface area contributed by atoms with E-state index in [-0.39, 0.29) is 0 Å². The van der Waals surface area contributed by atoms with Gasteiger partial charge >= 0.3 is 0 Å². The quantitative estimate of drug-likeness (QED) is 0.181. The van der Waals surface area contributed by atoms with E-state index in [0.717, 1.165) is 43.6 Å². The number of benzene rings is 6. The highest BCUT2D eigenvalue weighted by Crippen LogP contribution is 2.36. The van der Waals surface area contributed by atoms with Gasteiger partial charge in [0.25, 0.3) is 0 Å². The van der Waals surface area contributed by atoms with Gasteiger partial charge < -0.3 is 8.83 Å². The molecule has 0 spiro atoms. The summed E-state index contributed by atoms with van der Waals surface area (Å²) in [4.78, 5) is 34.8. The minimum atomic E-state index is -0.650. The summed E-state index contributed by atoms with van der Waals surface area (Å²) >= 11 is 0. The molecule has 6 aromatic carbocycles. The Bertz CT molecular complexity index is 2930. The Morgan fingerprint density at radius 1 is 0.462 bits per heavy atom. The fourth-order valence-corrected chi connectivity index (χ4v) is 6.95. The molecule has 0 saturated heterocycles. The van der Waals surface area contributed by atoms with Gasteiger partial charge in [-0.2, -0.15) is 9.97 Å². The molecule has 0 aliphatic carbocycles. The first-order valence-corrected chi connectivity index (χ1v) is 16.8. The van der Waals surface area contributed by atoms with Crippen molar-refractivity contribution in [2.24, 2.45) is 9.98 Å². The molecule has 4 aromatic heterocycles. The van der Waals surface area contributed by atoms with Gasteiger partial charge in [0.1, 0.15) is 11.0 Å². The van der Waals surface area contributed by atoms with Crippen LogP contribution in [0.1, 0.15) is 12.0 Å². The molecule has 1 aliphatic heterocycles. The van der Waals surface area contributed by atoms with Crippen molar-refractivity contribution in [1.29, 1.82) is 0 Å². The van der Waals surface area contributed by atoms with Gasteiger partial charge in [-0.15, -0.1) is 0 Å². The smallest absolute Gasteiger partial charge is 0.238 e. The normalized spacial score (nSPS) is 12.8. The summed E-state index contributed by atoms with van der Waals surface area (Å²) in [7, 11) is 0. The van der Waals surface area contributed by atoms with Crippen LogP contribution in [0, 0.1) is 0 Å². The number of fused-ring (bicyclic) bond motifs is 6. The third kappa shape index (κ3) is 4.55. The number of hydrogen-bond donors (Lipinski definition) is 0. The van der Waals surface area contributed by atoms with Crippen LogP contribution < -0.4 is 10.7 Å². The molecule has 11 rings (SSSR count). The SMILES string of the molecule is c1ccc2c(c1)=NC(c1nc(-c3cc(-c4nc5ccccc5o4)cc(-c4nc5ccccc5o4)c3)nc(-n3c4ccccc4c4ccccc43)n1)N=2.